The molecule has 290 valence electrons. The topological polar surface area (TPSA) is 160 Å². The maximum Gasteiger partial charge on any atom is 0.264 e. The van der Waals surface area contributed by atoms with Crippen LogP contribution in [-0.2, 0) is 20.2 Å². The minimum absolute atomic E-state index is 0.160. The Balaban J connectivity index is 1.07. The van der Waals surface area contributed by atoms with Gasteiger partial charge in [-0.25, -0.2) is 0 Å². The summed E-state index contributed by atoms with van der Waals surface area (Å²) in [6.07, 6.45) is 7.41. The van der Waals surface area contributed by atoms with Gasteiger partial charge in [-0.3, -0.25) is 9.11 Å². The predicted molar refractivity (Wildman–Crippen MR) is 217 cm³/mol. The fourth-order valence-electron chi connectivity index (χ4n) is 8.29. The molecule has 56 heavy (non-hydrogen) atoms. The molecule has 4 heterocycles. The van der Waals surface area contributed by atoms with Crippen LogP contribution in [0.5, 0.6) is 11.5 Å². The first kappa shape index (κ1) is 36.4. The molecular formula is C42H40N2O10S2. The summed E-state index contributed by atoms with van der Waals surface area (Å²) in [5.41, 5.74) is 6.22. The summed E-state index contributed by atoms with van der Waals surface area (Å²) in [6.45, 7) is 4.95. The molecule has 12 nitrogen and oxygen atoms in total. The number of hydrogen-bond acceptors (Lipinski definition) is 10. The summed E-state index contributed by atoms with van der Waals surface area (Å²) in [7, 11) is -8.33. The van der Waals surface area contributed by atoms with E-state index in [2.05, 4.69) is 26.0 Å². The van der Waals surface area contributed by atoms with Crippen LogP contribution in [0.4, 0.5) is 11.4 Å². The molecule has 0 bridgehead atoms. The molecule has 1 atom stereocenters. The highest BCUT2D eigenvalue weighted by molar-refractivity contribution is 7.86. The lowest BCUT2D eigenvalue weighted by Crippen LogP contribution is -2.35. The zero-order valence-corrected chi connectivity index (χ0v) is 32.4. The van der Waals surface area contributed by atoms with Crippen LogP contribution in [0, 0.1) is 5.41 Å². The third kappa shape index (κ3) is 7.13. The minimum atomic E-state index is -4.17. The van der Waals surface area contributed by atoms with E-state index in [4.69, 9.17) is 18.3 Å². The quantitative estimate of drug-likeness (QED) is 0.127. The smallest absolute Gasteiger partial charge is 0.264 e. The maximum atomic E-state index is 11.7. The third-order valence-electron chi connectivity index (χ3n) is 10.5. The molecule has 1 aliphatic carbocycles. The van der Waals surface area contributed by atoms with Crippen LogP contribution in [0.15, 0.2) is 117 Å². The second-order valence-electron chi connectivity index (χ2n) is 15.5. The molecule has 4 aromatic carbocycles. The van der Waals surface area contributed by atoms with Gasteiger partial charge in [0.25, 0.3) is 20.2 Å². The van der Waals surface area contributed by atoms with Gasteiger partial charge < -0.3 is 28.1 Å². The lowest BCUT2D eigenvalue weighted by Gasteiger charge is -2.32. The van der Waals surface area contributed by atoms with Crippen molar-refractivity contribution in [3.8, 4) is 11.5 Å². The molecule has 0 saturated heterocycles. The number of hydrogen-bond donors (Lipinski definition) is 2. The van der Waals surface area contributed by atoms with Crippen LogP contribution < -0.4 is 19.3 Å². The number of nitrogens with zero attached hydrogens (tertiary/aromatic N) is 2. The Bertz CT molecular complexity index is 2880. The van der Waals surface area contributed by atoms with Gasteiger partial charge in [-0.05, 0) is 72.6 Å². The lowest BCUT2D eigenvalue weighted by molar-refractivity contribution is 0.270. The SMILES string of the molecule is CC1(C)CC(C=C2Oc3cc4c(cc3N2CCCS(=O)(=O)O)oc2ccccc24)=CC(=CC2Oc3cc4c(cc3N2CCCS(=O)(=O)O)oc2ccccc24)C1. The summed E-state index contributed by atoms with van der Waals surface area (Å²) in [5, 5.41) is 3.74. The lowest BCUT2D eigenvalue weighted by atomic mass is 9.75. The number of anilines is 2. The van der Waals surface area contributed by atoms with Crippen molar-refractivity contribution >= 4 is 75.5 Å². The molecule has 0 radical (unpaired) electrons. The largest absolute Gasteiger partial charge is 0.465 e. The van der Waals surface area contributed by atoms with Crippen LogP contribution >= 0.6 is 0 Å². The van der Waals surface area contributed by atoms with Gasteiger partial charge in [0.15, 0.2) is 12.0 Å². The van der Waals surface area contributed by atoms with Crippen molar-refractivity contribution < 1.29 is 44.2 Å². The Labute approximate surface area is 323 Å². The molecule has 1 unspecified atom stereocenters. The Kier molecular flexibility index (Phi) is 8.72. The van der Waals surface area contributed by atoms with Crippen molar-refractivity contribution in [2.75, 3.05) is 34.4 Å². The molecule has 2 aliphatic heterocycles. The highest BCUT2D eigenvalue weighted by Gasteiger charge is 2.34. The highest BCUT2D eigenvalue weighted by Crippen LogP contribution is 2.47. The van der Waals surface area contributed by atoms with E-state index >= 15 is 0 Å². The third-order valence-corrected chi connectivity index (χ3v) is 12.1. The summed E-state index contributed by atoms with van der Waals surface area (Å²) in [4.78, 5) is 3.92. The molecule has 0 fully saturated rings. The van der Waals surface area contributed by atoms with Gasteiger partial charge >= 0.3 is 0 Å². The first-order valence-electron chi connectivity index (χ1n) is 18.5. The molecule has 9 rings (SSSR count). The molecule has 0 saturated carbocycles. The normalized spacial score (nSPS) is 19.6. The van der Waals surface area contributed by atoms with Crippen molar-refractivity contribution in [1.82, 2.24) is 0 Å². The number of ether oxygens (including phenoxy) is 2. The van der Waals surface area contributed by atoms with E-state index in [1.807, 2.05) is 88.7 Å². The van der Waals surface area contributed by atoms with E-state index in [-0.39, 0.29) is 30.6 Å². The Morgan fingerprint density at radius 1 is 0.732 bits per heavy atom. The molecule has 0 spiro atoms. The predicted octanol–water partition coefficient (Wildman–Crippen LogP) is 8.98. The average molecular weight is 797 g/mol. The van der Waals surface area contributed by atoms with Gasteiger partial charge in [-0.1, -0.05) is 56.3 Å². The van der Waals surface area contributed by atoms with E-state index < -0.39 is 32.2 Å². The number of fused-ring (bicyclic) bond motifs is 8. The molecule has 0 amide bonds. The molecule has 14 heteroatoms. The second kappa shape index (κ2) is 13.4. The van der Waals surface area contributed by atoms with E-state index in [1.165, 1.54) is 0 Å². The number of benzene rings is 4. The summed E-state index contributed by atoms with van der Waals surface area (Å²) >= 11 is 0. The molecular weight excluding hydrogens is 757 g/mol. The van der Waals surface area contributed by atoms with Gasteiger partial charge in [-0.2, -0.15) is 16.8 Å². The van der Waals surface area contributed by atoms with Gasteiger partial charge in [0.05, 0.1) is 22.9 Å². The van der Waals surface area contributed by atoms with E-state index in [1.54, 1.807) is 0 Å². The molecule has 6 aromatic rings. The number of furan rings is 2. The number of para-hydroxylation sites is 2. The molecule has 3 aliphatic rings. The zero-order valence-electron chi connectivity index (χ0n) is 30.8. The Morgan fingerprint density at radius 3 is 1.96 bits per heavy atom. The second-order valence-corrected chi connectivity index (χ2v) is 18.7. The van der Waals surface area contributed by atoms with Crippen LogP contribution in [0.3, 0.4) is 0 Å². The van der Waals surface area contributed by atoms with Crippen molar-refractivity contribution in [1.29, 1.82) is 0 Å². The van der Waals surface area contributed by atoms with Crippen molar-refractivity contribution in [2.45, 2.75) is 45.8 Å². The van der Waals surface area contributed by atoms with Crippen molar-refractivity contribution in [3.05, 3.63) is 108 Å². The summed E-state index contributed by atoms with van der Waals surface area (Å²) in [6, 6.07) is 23.3. The minimum Gasteiger partial charge on any atom is -0.465 e. The van der Waals surface area contributed by atoms with Crippen LogP contribution in [0.1, 0.15) is 39.5 Å². The zero-order chi connectivity index (χ0) is 39.0. The van der Waals surface area contributed by atoms with Gasteiger partial charge in [0, 0.05) is 52.8 Å². The summed E-state index contributed by atoms with van der Waals surface area (Å²) < 4.78 is 91.2. The first-order valence-corrected chi connectivity index (χ1v) is 21.7. The highest BCUT2D eigenvalue weighted by atomic mass is 32.2. The van der Waals surface area contributed by atoms with E-state index in [0.29, 0.717) is 35.1 Å². The molecule has 2 aromatic heterocycles. The van der Waals surface area contributed by atoms with Gasteiger partial charge in [0.2, 0.25) is 5.88 Å². The number of allylic oxidation sites excluding steroid dienone is 4. The first-order chi connectivity index (χ1) is 26.7. The van der Waals surface area contributed by atoms with E-state index in [0.717, 1.165) is 68.1 Å². The average Bonchev–Trinajstić information content (AvgIpc) is 3.85. The Hall–Kier alpha value is -5.28. The fourth-order valence-corrected chi connectivity index (χ4v) is 9.28. The van der Waals surface area contributed by atoms with Crippen molar-refractivity contribution in [2.24, 2.45) is 5.41 Å². The maximum absolute atomic E-state index is 11.7. The van der Waals surface area contributed by atoms with Crippen LogP contribution in [0.2, 0.25) is 0 Å². The monoisotopic (exact) mass is 796 g/mol. The van der Waals surface area contributed by atoms with Gasteiger partial charge in [0.1, 0.15) is 28.1 Å². The fraction of sp³-hybridized carbons (Fsp3) is 0.286. The number of rotatable bonds is 10. The van der Waals surface area contributed by atoms with E-state index in [9.17, 15) is 25.9 Å². The standard InChI is InChI=1S/C42H40N2O10S2/c1-42(2)24-26(18-40-43(13-7-15-55(45,46)47)32-22-36-30(20-38(32)53-40)28-9-3-5-11-34(28)51-36)17-27(25-42)19-41-44(14-8-16-56(48,49)50)33-23-37-31(21-39(33)54-41)29-10-4-6-12-35(29)52-37/h3-6,9-12,17-23,40H,7-8,13-16,24-25H2,1-2H3,(H,45,46,47)(H,48,49,50). The summed E-state index contributed by atoms with van der Waals surface area (Å²) in [5.74, 6) is 1.01. The van der Waals surface area contributed by atoms with Crippen LogP contribution in [-0.4, -0.2) is 56.8 Å². The van der Waals surface area contributed by atoms with Crippen molar-refractivity contribution in [3.63, 3.8) is 0 Å². The van der Waals surface area contributed by atoms with Gasteiger partial charge in [-0.15, -0.1) is 0 Å². The molecule has 2 N–H and O–H groups in total. The van der Waals surface area contributed by atoms with Crippen LogP contribution in [0.25, 0.3) is 43.9 Å². The Morgan fingerprint density at radius 2 is 1.32 bits per heavy atom.